The quantitative estimate of drug-likeness (QED) is 0.257. The van der Waals surface area contributed by atoms with E-state index in [0.717, 1.165) is 15.5 Å². The molecule has 0 saturated carbocycles. The molecule has 2 aromatic heterocycles. The third-order valence-corrected chi connectivity index (χ3v) is 4.96. The third kappa shape index (κ3) is 5.55. The number of nitrogens with zero attached hydrogens (tertiary/aromatic N) is 4. The van der Waals surface area contributed by atoms with Gasteiger partial charge in [-0.1, -0.05) is 18.2 Å². The summed E-state index contributed by atoms with van der Waals surface area (Å²) >= 11 is 0. The smallest absolute Gasteiger partial charge is 0.424 e. The minimum atomic E-state index is -4.89. The van der Waals surface area contributed by atoms with Crippen LogP contribution in [0.5, 0.6) is 0 Å². The highest BCUT2D eigenvalue weighted by Gasteiger charge is 2.57. The second-order valence-electron chi connectivity index (χ2n) is 7.31. The van der Waals surface area contributed by atoms with Gasteiger partial charge in [-0.2, -0.15) is 13.2 Å². The number of fused-ring (bicyclic) bond motifs is 1. The summed E-state index contributed by atoms with van der Waals surface area (Å²) < 4.78 is 48.0. The zero-order valence-electron chi connectivity index (χ0n) is 18.1. The van der Waals surface area contributed by atoms with Gasteiger partial charge in [0.15, 0.2) is 5.96 Å². The van der Waals surface area contributed by atoms with Crippen LogP contribution in [0.15, 0.2) is 52.1 Å². The predicted octanol–water partition coefficient (Wildman–Crippen LogP) is 4.02. The lowest BCUT2D eigenvalue weighted by Crippen LogP contribution is -2.45. The maximum absolute atomic E-state index is 13.7. The number of aliphatic imine (C=N–C) groups is 1. The summed E-state index contributed by atoms with van der Waals surface area (Å²) in [6, 6.07) is 9.53. The van der Waals surface area contributed by atoms with Gasteiger partial charge in [0.2, 0.25) is 5.60 Å². The molecular weight excluding hydrogens is 538 g/mol. The van der Waals surface area contributed by atoms with Crippen molar-refractivity contribution >= 4 is 40.9 Å². The van der Waals surface area contributed by atoms with Crippen molar-refractivity contribution in [3.8, 4) is 0 Å². The predicted molar refractivity (Wildman–Crippen MR) is 127 cm³/mol. The van der Waals surface area contributed by atoms with Gasteiger partial charge in [0.1, 0.15) is 17.2 Å². The Hall–Kier alpha value is -2.28. The molecule has 2 N–H and O–H groups in total. The molecule has 32 heavy (non-hydrogen) atoms. The second kappa shape index (κ2) is 10.6. The van der Waals surface area contributed by atoms with Crippen molar-refractivity contribution in [1.82, 2.24) is 19.8 Å². The number of nitrogens with one attached hydrogen (secondary N) is 1. The maximum Gasteiger partial charge on any atom is 0.424 e. The van der Waals surface area contributed by atoms with Crippen LogP contribution in [-0.4, -0.2) is 51.8 Å². The van der Waals surface area contributed by atoms with E-state index in [9.17, 15) is 18.3 Å². The van der Waals surface area contributed by atoms with E-state index in [1.807, 2.05) is 37.3 Å². The van der Waals surface area contributed by atoms with E-state index < -0.39 is 24.0 Å². The van der Waals surface area contributed by atoms with Gasteiger partial charge in [-0.3, -0.25) is 4.99 Å². The van der Waals surface area contributed by atoms with E-state index in [-0.39, 0.29) is 30.5 Å². The van der Waals surface area contributed by atoms with Crippen LogP contribution in [0.1, 0.15) is 24.9 Å². The van der Waals surface area contributed by atoms with Crippen LogP contribution in [0.3, 0.4) is 0 Å². The summed E-state index contributed by atoms with van der Waals surface area (Å²) in [6.45, 7) is 2.52. The van der Waals surface area contributed by atoms with E-state index in [4.69, 9.17) is 4.42 Å². The molecule has 7 nitrogen and oxygen atoms in total. The summed E-state index contributed by atoms with van der Waals surface area (Å²) in [6.07, 6.45) is -2.96. The second-order valence-corrected chi connectivity index (χ2v) is 7.31. The average Bonchev–Trinajstić information content (AvgIpc) is 3.31. The summed E-state index contributed by atoms with van der Waals surface area (Å²) in [5.41, 5.74) is -2.33. The van der Waals surface area contributed by atoms with Crippen LogP contribution < -0.4 is 5.32 Å². The first-order valence-corrected chi connectivity index (χ1v) is 9.89. The first-order chi connectivity index (χ1) is 14.7. The number of alkyl halides is 3. The van der Waals surface area contributed by atoms with E-state index >= 15 is 0 Å². The Morgan fingerprint density at radius 3 is 2.62 bits per heavy atom. The molecule has 176 valence electrons. The molecule has 0 bridgehead atoms. The Morgan fingerprint density at radius 2 is 2.03 bits per heavy atom. The third-order valence-electron chi connectivity index (χ3n) is 4.96. The van der Waals surface area contributed by atoms with Gasteiger partial charge in [-0.15, -0.1) is 24.0 Å². The van der Waals surface area contributed by atoms with Crippen molar-refractivity contribution in [2.75, 3.05) is 20.1 Å². The zero-order chi connectivity index (χ0) is 22.6. The normalized spacial score (nSPS) is 14.2. The Bertz CT molecular complexity index is 1020. The number of para-hydroxylation sites is 1. The number of benzene rings is 1. The van der Waals surface area contributed by atoms with Crippen molar-refractivity contribution in [2.45, 2.75) is 31.7 Å². The summed E-state index contributed by atoms with van der Waals surface area (Å²) in [4.78, 5) is 9.76. The first-order valence-electron chi connectivity index (χ1n) is 9.89. The first kappa shape index (κ1) is 26.0. The zero-order valence-corrected chi connectivity index (χ0v) is 20.4. The highest BCUT2D eigenvalue weighted by molar-refractivity contribution is 14.0. The molecule has 3 rings (SSSR count). The Labute approximate surface area is 201 Å². The topological polar surface area (TPSA) is 78.8 Å². The minimum absolute atomic E-state index is 0. The lowest BCUT2D eigenvalue weighted by atomic mass is 9.98. The SMILES string of the molecule is CCNC(=NCCC(O)(c1nccn1C)C(F)(F)F)N(C)Cc1cc2ccccc2o1.I. The number of hydrogen-bond acceptors (Lipinski definition) is 4. The molecule has 11 heteroatoms. The lowest BCUT2D eigenvalue weighted by molar-refractivity contribution is -0.272. The Kier molecular flexibility index (Phi) is 8.57. The van der Waals surface area contributed by atoms with Crippen molar-refractivity contribution in [2.24, 2.45) is 12.0 Å². The molecule has 0 amide bonds. The number of rotatable bonds is 7. The molecule has 2 heterocycles. The fraction of sp³-hybridized carbons (Fsp3) is 0.429. The number of guanidine groups is 1. The number of hydrogen-bond donors (Lipinski definition) is 2. The number of imidazole rings is 1. The highest BCUT2D eigenvalue weighted by atomic mass is 127. The Morgan fingerprint density at radius 1 is 1.31 bits per heavy atom. The van der Waals surface area contributed by atoms with Gasteiger partial charge in [0.05, 0.1) is 6.54 Å². The van der Waals surface area contributed by atoms with Crippen LogP contribution in [-0.2, 0) is 19.2 Å². The number of aliphatic hydroxyl groups is 1. The lowest BCUT2D eigenvalue weighted by Gasteiger charge is -2.29. The molecule has 0 aliphatic rings. The maximum atomic E-state index is 13.7. The van der Waals surface area contributed by atoms with Gasteiger partial charge in [-0.25, -0.2) is 4.98 Å². The molecule has 1 aromatic carbocycles. The van der Waals surface area contributed by atoms with E-state index in [1.165, 1.54) is 19.4 Å². The van der Waals surface area contributed by atoms with Gasteiger partial charge in [0, 0.05) is 51.4 Å². The van der Waals surface area contributed by atoms with Crippen LogP contribution >= 0.6 is 24.0 Å². The molecule has 1 atom stereocenters. The number of halogens is 4. The summed E-state index contributed by atoms with van der Waals surface area (Å²) in [7, 11) is 3.18. The molecule has 0 spiro atoms. The average molecular weight is 565 g/mol. The van der Waals surface area contributed by atoms with Crippen LogP contribution in [0.2, 0.25) is 0 Å². The number of furan rings is 1. The van der Waals surface area contributed by atoms with Gasteiger partial charge < -0.3 is 24.3 Å². The molecular formula is C21H27F3IN5O2. The van der Waals surface area contributed by atoms with E-state index in [0.29, 0.717) is 24.8 Å². The fourth-order valence-electron chi connectivity index (χ4n) is 3.36. The molecule has 0 aliphatic heterocycles. The molecule has 1 unspecified atom stereocenters. The van der Waals surface area contributed by atoms with Crippen molar-refractivity contribution in [3.05, 3.63) is 54.3 Å². The van der Waals surface area contributed by atoms with Crippen molar-refractivity contribution < 1.29 is 22.7 Å². The van der Waals surface area contributed by atoms with Gasteiger partial charge in [-0.05, 0) is 19.1 Å². The molecule has 0 fully saturated rings. The van der Waals surface area contributed by atoms with Crippen LogP contribution in [0.4, 0.5) is 13.2 Å². The summed E-state index contributed by atoms with van der Waals surface area (Å²) in [5.74, 6) is 0.650. The molecule has 0 radical (unpaired) electrons. The largest absolute Gasteiger partial charge is 0.459 e. The fourth-order valence-corrected chi connectivity index (χ4v) is 3.36. The molecule has 0 aliphatic carbocycles. The monoisotopic (exact) mass is 565 g/mol. The van der Waals surface area contributed by atoms with Crippen molar-refractivity contribution in [1.29, 1.82) is 0 Å². The molecule has 0 saturated heterocycles. The van der Waals surface area contributed by atoms with Gasteiger partial charge in [0.25, 0.3) is 0 Å². The van der Waals surface area contributed by atoms with Crippen molar-refractivity contribution in [3.63, 3.8) is 0 Å². The minimum Gasteiger partial charge on any atom is -0.459 e. The number of aromatic nitrogens is 2. The molecule has 3 aromatic rings. The van der Waals surface area contributed by atoms with Gasteiger partial charge >= 0.3 is 6.18 Å². The van der Waals surface area contributed by atoms with E-state index in [2.05, 4.69) is 15.3 Å². The number of aryl methyl sites for hydroxylation is 1. The Balaban J connectivity index is 0.00000363. The highest BCUT2D eigenvalue weighted by Crippen LogP contribution is 2.40. The summed E-state index contributed by atoms with van der Waals surface area (Å²) in [5, 5.41) is 14.5. The van der Waals surface area contributed by atoms with E-state index in [1.54, 1.807) is 11.9 Å². The van der Waals surface area contributed by atoms with Crippen LogP contribution in [0.25, 0.3) is 11.0 Å². The standard InChI is InChI=1S/C21H26F3N5O2.HI/c1-4-25-19(29(3)14-16-13-15-7-5-6-8-17(15)31-16)27-10-9-20(30,21(22,23)24)18-26-11-12-28(18)2;/h5-8,11-13,30H,4,9-10,14H2,1-3H3,(H,25,27);1H. The van der Waals surface area contributed by atoms with Crippen LogP contribution in [0, 0.1) is 0 Å².